The Morgan fingerprint density at radius 3 is 2.48 bits per heavy atom. The number of thiazole rings is 1. The predicted molar refractivity (Wildman–Crippen MR) is 140 cm³/mol. The van der Waals surface area contributed by atoms with Crippen LogP contribution in [0.2, 0.25) is 10.0 Å². The van der Waals surface area contributed by atoms with Crippen molar-refractivity contribution in [2.24, 2.45) is 0 Å². The Morgan fingerprint density at radius 1 is 0.848 bits per heavy atom. The van der Waals surface area contributed by atoms with Crippen molar-refractivity contribution in [1.82, 2.24) is 9.97 Å². The molecule has 0 fully saturated rings. The number of nitrogens with one attached hydrogen (secondary N) is 1. The number of nitrogens with zero attached hydrogens (tertiary/aromatic N) is 2. The maximum atomic E-state index is 13.3. The van der Waals surface area contributed by atoms with Crippen LogP contribution in [-0.4, -0.2) is 15.9 Å². The summed E-state index contributed by atoms with van der Waals surface area (Å²) in [5, 5.41) is 7.00. The van der Waals surface area contributed by atoms with Crippen molar-refractivity contribution in [2.75, 3.05) is 5.32 Å². The molecule has 2 heterocycles. The van der Waals surface area contributed by atoms with E-state index in [1.807, 2.05) is 66.0 Å². The number of carbonyl (C=O) groups is 1. The molecular weight excluding hydrogens is 541 g/mol. The van der Waals surface area contributed by atoms with E-state index in [4.69, 9.17) is 28.2 Å². The number of anilines is 1. The van der Waals surface area contributed by atoms with Crippen LogP contribution in [0.1, 0.15) is 10.4 Å². The minimum absolute atomic E-state index is 0.250. The Hall–Kier alpha value is -2.77. The van der Waals surface area contributed by atoms with Gasteiger partial charge in [0.15, 0.2) is 5.13 Å². The van der Waals surface area contributed by atoms with Crippen molar-refractivity contribution in [3.8, 4) is 22.5 Å². The monoisotopic (exact) mass is 553 g/mol. The molecular formula is C25H14BrCl2N3OS. The third-order valence-corrected chi connectivity index (χ3v) is 7.01. The van der Waals surface area contributed by atoms with Crippen molar-refractivity contribution < 1.29 is 4.79 Å². The number of fused-ring (bicyclic) bond motifs is 1. The molecule has 8 heteroatoms. The second-order valence-electron chi connectivity index (χ2n) is 7.20. The first kappa shape index (κ1) is 22.0. The van der Waals surface area contributed by atoms with Crippen LogP contribution in [-0.2, 0) is 0 Å². The molecule has 5 aromatic rings. The van der Waals surface area contributed by atoms with Crippen LogP contribution in [0.3, 0.4) is 0 Å². The van der Waals surface area contributed by atoms with Crippen molar-refractivity contribution in [2.45, 2.75) is 0 Å². The molecule has 1 N–H and O–H groups in total. The van der Waals surface area contributed by atoms with Crippen molar-refractivity contribution >= 4 is 72.4 Å². The topological polar surface area (TPSA) is 54.9 Å². The molecule has 0 aliphatic heterocycles. The fourth-order valence-electron chi connectivity index (χ4n) is 3.44. The lowest BCUT2D eigenvalue weighted by molar-refractivity contribution is 0.102. The first-order valence-corrected chi connectivity index (χ1v) is 12.3. The van der Waals surface area contributed by atoms with Crippen LogP contribution in [0.15, 0.2) is 82.6 Å². The maximum absolute atomic E-state index is 13.3. The molecule has 162 valence electrons. The lowest BCUT2D eigenvalue weighted by atomic mass is 10.0. The number of halogens is 3. The predicted octanol–water partition coefficient (Wildman–Crippen LogP) is 8.35. The molecule has 33 heavy (non-hydrogen) atoms. The number of para-hydroxylation sites is 1. The number of pyridine rings is 1. The van der Waals surface area contributed by atoms with Crippen molar-refractivity contribution in [3.63, 3.8) is 0 Å². The van der Waals surface area contributed by atoms with Gasteiger partial charge in [-0.15, -0.1) is 11.3 Å². The zero-order chi connectivity index (χ0) is 22.9. The number of rotatable bonds is 4. The molecule has 5 rings (SSSR count). The Labute approximate surface area is 212 Å². The third kappa shape index (κ3) is 4.66. The zero-order valence-corrected chi connectivity index (χ0v) is 20.8. The zero-order valence-electron chi connectivity index (χ0n) is 16.9. The summed E-state index contributed by atoms with van der Waals surface area (Å²) in [5.74, 6) is -0.250. The van der Waals surface area contributed by atoms with Crippen LogP contribution in [0.25, 0.3) is 33.4 Å². The average Bonchev–Trinajstić information content (AvgIpc) is 3.28. The van der Waals surface area contributed by atoms with Crippen LogP contribution >= 0.6 is 50.5 Å². The highest BCUT2D eigenvalue weighted by Crippen LogP contribution is 2.31. The Morgan fingerprint density at radius 2 is 1.67 bits per heavy atom. The van der Waals surface area contributed by atoms with Gasteiger partial charge in [0.1, 0.15) is 0 Å². The number of hydrogen-bond acceptors (Lipinski definition) is 4. The van der Waals surface area contributed by atoms with Gasteiger partial charge in [-0.2, -0.15) is 0 Å². The summed E-state index contributed by atoms with van der Waals surface area (Å²) in [6.07, 6.45) is 0. The van der Waals surface area contributed by atoms with Crippen molar-refractivity contribution in [1.29, 1.82) is 0 Å². The van der Waals surface area contributed by atoms with E-state index in [0.29, 0.717) is 26.4 Å². The molecule has 2 aromatic heterocycles. The number of aromatic nitrogens is 2. The second kappa shape index (κ2) is 9.23. The van der Waals surface area contributed by atoms with Gasteiger partial charge in [-0.3, -0.25) is 10.1 Å². The van der Waals surface area contributed by atoms with Crippen LogP contribution in [0, 0.1) is 0 Å². The van der Waals surface area contributed by atoms with Gasteiger partial charge in [0.05, 0.1) is 32.5 Å². The highest BCUT2D eigenvalue weighted by atomic mass is 79.9. The quantitative estimate of drug-likeness (QED) is 0.243. The molecule has 0 radical (unpaired) electrons. The molecule has 4 nitrogen and oxygen atoms in total. The van der Waals surface area contributed by atoms with Gasteiger partial charge in [0.2, 0.25) is 0 Å². The molecule has 0 aliphatic rings. The van der Waals surface area contributed by atoms with Crippen LogP contribution in [0.4, 0.5) is 5.13 Å². The summed E-state index contributed by atoms with van der Waals surface area (Å²) in [6.45, 7) is 0. The van der Waals surface area contributed by atoms with Gasteiger partial charge in [-0.1, -0.05) is 75.5 Å². The molecule has 3 aromatic carbocycles. The molecule has 0 atom stereocenters. The van der Waals surface area contributed by atoms with E-state index >= 15 is 0 Å². The van der Waals surface area contributed by atoms with Crippen LogP contribution in [0.5, 0.6) is 0 Å². The Kier molecular flexibility index (Phi) is 6.17. The molecule has 0 unspecified atom stereocenters. The van der Waals surface area contributed by atoms with E-state index in [9.17, 15) is 4.79 Å². The Balaban J connectivity index is 1.50. The average molecular weight is 555 g/mol. The van der Waals surface area contributed by atoms with Gasteiger partial charge in [-0.05, 0) is 36.4 Å². The highest BCUT2D eigenvalue weighted by Gasteiger charge is 2.16. The van der Waals surface area contributed by atoms with Gasteiger partial charge in [0, 0.05) is 26.4 Å². The molecule has 0 spiro atoms. The lowest BCUT2D eigenvalue weighted by Gasteiger charge is -2.10. The van der Waals surface area contributed by atoms with Gasteiger partial charge in [0.25, 0.3) is 5.91 Å². The van der Waals surface area contributed by atoms with Gasteiger partial charge < -0.3 is 0 Å². The second-order valence-corrected chi connectivity index (χ2v) is 9.79. The molecule has 0 bridgehead atoms. The fraction of sp³-hybridized carbons (Fsp3) is 0. The number of hydrogen-bond donors (Lipinski definition) is 1. The minimum atomic E-state index is -0.250. The highest BCUT2D eigenvalue weighted by molar-refractivity contribution is 9.10. The number of benzene rings is 3. The maximum Gasteiger partial charge on any atom is 0.258 e. The van der Waals surface area contributed by atoms with E-state index in [1.165, 1.54) is 11.3 Å². The summed E-state index contributed by atoms with van der Waals surface area (Å²) < 4.78 is 0.943. The Bertz CT molecular complexity index is 1520. The van der Waals surface area contributed by atoms with E-state index in [1.54, 1.807) is 12.1 Å². The van der Waals surface area contributed by atoms with Crippen LogP contribution < -0.4 is 5.32 Å². The number of carbonyl (C=O) groups excluding carboxylic acids is 1. The fourth-order valence-corrected chi connectivity index (χ4v) is 4.85. The van der Waals surface area contributed by atoms with E-state index < -0.39 is 0 Å². The van der Waals surface area contributed by atoms with E-state index in [2.05, 4.69) is 26.2 Å². The van der Waals surface area contributed by atoms with Gasteiger partial charge in [-0.25, -0.2) is 9.97 Å². The normalized spacial score (nSPS) is 11.0. The molecule has 0 saturated heterocycles. The largest absolute Gasteiger partial charge is 0.298 e. The number of amides is 1. The van der Waals surface area contributed by atoms with E-state index in [-0.39, 0.29) is 5.91 Å². The molecule has 1 amide bonds. The smallest absolute Gasteiger partial charge is 0.258 e. The molecule has 0 saturated carbocycles. The third-order valence-electron chi connectivity index (χ3n) is 5.02. The van der Waals surface area contributed by atoms with E-state index in [0.717, 1.165) is 32.2 Å². The first-order chi connectivity index (χ1) is 16.0. The standard InChI is InChI=1S/C25H14BrCl2N3OS/c26-16-5-3-4-14(10-16)22-12-18(17-6-1-2-7-21(17)29-22)24(32)31-25-30-23(13-33-25)15-8-9-19(27)20(28)11-15/h1-13H,(H,30,31,32). The summed E-state index contributed by atoms with van der Waals surface area (Å²) in [4.78, 5) is 22.6. The summed E-state index contributed by atoms with van der Waals surface area (Å²) in [5.41, 5.74) is 4.45. The SMILES string of the molecule is O=C(Nc1nc(-c2ccc(Cl)c(Cl)c2)cs1)c1cc(-c2cccc(Br)c2)nc2ccccc12. The lowest BCUT2D eigenvalue weighted by Crippen LogP contribution is -2.13. The minimum Gasteiger partial charge on any atom is -0.298 e. The van der Waals surface area contributed by atoms with Gasteiger partial charge >= 0.3 is 0 Å². The van der Waals surface area contributed by atoms with Crippen molar-refractivity contribution in [3.05, 3.63) is 98.3 Å². The molecule has 0 aliphatic carbocycles. The summed E-state index contributed by atoms with van der Waals surface area (Å²) in [6, 6.07) is 22.6. The summed E-state index contributed by atoms with van der Waals surface area (Å²) >= 11 is 17.0. The summed E-state index contributed by atoms with van der Waals surface area (Å²) in [7, 11) is 0. The first-order valence-electron chi connectivity index (χ1n) is 9.86.